The number of hydrogen-bond acceptors (Lipinski definition) is 4. The number of benzene rings is 2. The standard InChI is InChI=1S/C19H20FN3O2/c1-13-10-11-23(22-13)17-8-4-15(5-9-17)19(25)21-12-18(24)14-2-6-16(20)7-3-14/h2-9,18,24H,10-12H2,1H3,(H,21,25). The number of aliphatic hydroxyl groups is 1. The molecule has 25 heavy (non-hydrogen) atoms. The maximum Gasteiger partial charge on any atom is 0.251 e. The van der Waals surface area contributed by atoms with Gasteiger partial charge in [0.2, 0.25) is 0 Å². The van der Waals surface area contributed by atoms with Crippen molar-refractivity contribution in [2.24, 2.45) is 5.10 Å². The molecule has 2 N–H and O–H groups in total. The predicted molar refractivity (Wildman–Crippen MR) is 95.2 cm³/mol. The Labute approximate surface area is 145 Å². The molecule has 0 aromatic heterocycles. The molecule has 6 heteroatoms. The van der Waals surface area contributed by atoms with E-state index in [-0.39, 0.29) is 18.3 Å². The van der Waals surface area contributed by atoms with Crippen LogP contribution in [-0.2, 0) is 0 Å². The second-order valence-corrected chi connectivity index (χ2v) is 6.03. The molecule has 1 amide bonds. The molecular formula is C19H20FN3O2. The van der Waals surface area contributed by atoms with Crippen LogP contribution < -0.4 is 10.3 Å². The maximum absolute atomic E-state index is 12.9. The number of amides is 1. The Balaban J connectivity index is 1.57. The highest BCUT2D eigenvalue weighted by Crippen LogP contribution is 2.20. The quantitative estimate of drug-likeness (QED) is 0.879. The minimum atomic E-state index is -0.884. The molecule has 3 rings (SSSR count). The van der Waals surface area contributed by atoms with Gasteiger partial charge in [0.15, 0.2) is 0 Å². The summed E-state index contributed by atoms with van der Waals surface area (Å²) in [5, 5.41) is 19.1. The van der Waals surface area contributed by atoms with Crippen LogP contribution in [0.25, 0.3) is 0 Å². The van der Waals surface area contributed by atoms with Crippen LogP contribution >= 0.6 is 0 Å². The van der Waals surface area contributed by atoms with Crippen molar-refractivity contribution in [2.75, 3.05) is 18.1 Å². The number of carbonyl (C=O) groups is 1. The number of hydrazone groups is 1. The minimum absolute atomic E-state index is 0.0574. The third kappa shape index (κ3) is 4.22. The van der Waals surface area contributed by atoms with Crippen molar-refractivity contribution in [2.45, 2.75) is 19.4 Å². The highest BCUT2D eigenvalue weighted by atomic mass is 19.1. The van der Waals surface area contributed by atoms with Gasteiger partial charge >= 0.3 is 0 Å². The van der Waals surface area contributed by atoms with Gasteiger partial charge in [0.1, 0.15) is 5.82 Å². The number of halogens is 1. The lowest BCUT2D eigenvalue weighted by Gasteiger charge is -2.15. The van der Waals surface area contributed by atoms with Gasteiger partial charge in [-0.15, -0.1) is 0 Å². The van der Waals surface area contributed by atoms with Gasteiger partial charge in [-0.1, -0.05) is 12.1 Å². The number of nitrogens with zero attached hydrogens (tertiary/aromatic N) is 2. The summed E-state index contributed by atoms with van der Waals surface area (Å²) >= 11 is 0. The van der Waals surface area contributed by atoms with Crippen molar-refractivity contribution in [3.05, 3.63) is 65.5 Å². The van der Waals surface area contributed by atoms with E-state index in [1.54, 1.807) is 12.1 Å². The molecule has 1 heterocycles. The number of nitrogens with one attached hydrogen (secondary N) is 1. The molecule has 1 atom stereocenters. The average molecular weight is 341 g/mol. The molecule has 0 radical (unpaired) electrons. The van der Waals surface area contributed by atoms with Crippen molar-refractivity contribution in [1.82, 2.24) is 5.32 Å². The molecule has 0 bridgehead atoms. The molecule has 0 saturated carbocycles. The lowest BCUT2D eigenvalue weighted by atomic mass is 10.1. The topological polar surface area (TPSA) is 64.9 Å². The van der Waals surface area contributed by atoms with Crippen LogP contribution in [0.15, 0.2) is 53.6 Å². The molecular weight excluding hydrogens is 321 g/mol. The van der Waals surface area contributed by atoms with E-state index >= 15 is 0 Å². The van der Waals surface area contributed by atoms with Crippen LogP contribution in [0.4, 0.5) is 10.1 Å². The number of anilines is 1. The maximum atomic E-state index is 12.9. The summed E-state index contributed by atoms with van der Waals surface area (Å²) in [7, 11) is 0. The summed E-state index contributed by atoms with van der Waals surface area (Å²) in [6.07, 6.45) is 0.0643. The lowest BCUT2D eigenvalue weighted by Crippen LogP contribution is -2.28. The number of hydrogen-bond donors (Lipinski definition) is 2. The van der Waals surface area contributed by atoms with Crippen LogP contribution in [0.2, 0.25) is 0 Å². The summed E-state index contributed by atoms with van der Waals surface area (Å²) in [4.78, 5) is 12.2. The zero-order valence-electron chi connectivity index (χ0n) is 13.9. The molecule has 130 valence electrons. The van der Waals surface area contributed by atoms with Crippen molar-refractivity contribution < 1.29 is 14.3 Å². The van der Waals surface area contributed by atoms with Crippen molar-refractivity contribution in [3.8, 4) is 0 Å². The van der Waals surface area contributed by atoms with Gasteiger partial charge < -0.3 is 10.4 Å². The van der Waals surface area contributed by atoms with Gasteiger partial charge in [0.25, 0.3) is 5.91 Å². The molecule has 1 aliphatic rings. The molecule has 0 aliphatic carbocycles. The Hall–Kier alpha value is -2.73. The van der Waals surface area contributed by atoms with Crippen LogP contribution in [0.5, 0.6) is 0 Å². The monoisotopic (exact) mass is 341 g/mol. The summed E-state index contributed by atoms with van der Waals surface area (Å²) in [5.41, 5.74) is 3.10. The predicted octanol–water partition coefficient (Wildman–Crippen LogP) is 2.88. The number of carbonyl (C=O) groups excluding carboxylic acids is 1. The van der Waals surface area contributed by atoms with Gasteiger partial charge in [-0.2, -0.15) is 5.10 Å². The van der Waals surface area contributed by atoms with Gasteiger partial charge in [-0.05, 0) is 48.9 Å². The van der Waals surface area contributed by atoms with E-state index in [9.17, 15) is 14.3 Å². The Morgan fingerprint density at radius 1 is 1.24 bits per heavy atom. The first-order chi connectivity index (χ1) is 12.0. The molecule has 0 fully saturated rings. The van der Waals surface area contributed by atoms with Crippen LogP contribution in [0.1, 0.15) is 35.4 Å². The molecule has 5 nitrogen and oxygen atoms in total. The van der Waals surface area contributed by atoms with Gasteiger partial charge in [-0.25, -0.2) is 4.39 Å². The fraction of sp³-hybridized carbons (Fsp3) is 0.263. The Kier molecular flexibility index (Phi) is 5.09. The van der Waals surface area contributed by atoms with E-state index < -0.39 is 6.10 Å². The molecule has 0 saturated heterocycles. The molecule has 1 aliphatic heterocycles. The minimum Gasteiger partial charge on any atom is -0.387 e. The van der Waals surface area contributed by atoms with E-state index in [4.69, 9.17) is 0 Å². The van der Waals surface area contributed by atoms with Crippen molar-refractivity contribution in [3.63, 3.8) is 0 Å². The molecule has 2 aromatic rings. The third-order valence-corrected chi connectivity index (χ3v) is 4.12. The zero-order valence-corrected chi connectivity index (χ0v) is 13.9. The molecule has 0 spiro atoms. The number of rotatable bonds is 5. The summed E-state index contributed by atoms with van der Waals surface area (Å²) in [6, 6.07) is 12.7. The Morgan fingerprint density at radius 2 is 1.92 bits per heavy atom. The first-order valence-corrected chi connectivity index (χ1v) is 8.16. The first kappa shape index (κ1) is 17.1. The first-order valence-electron chi connectivity index (χ1n) is 8.16. The summed E-state index contributed by atoms with van der Waals surface area (Å²) < 4.78 is 12.9. The highest BCUT2D eigenvalue weighted by molar-refractivity contribution is 5.94. The highest BCUT2D eigenvalue weighted by Gasteiger charge is 2.14. The zero-order chi connectivity index (χ0) is 17.8. The second-order valence-electron chi connectivity index (χ2n) is 6.03. The SMILES string of the molecule is CC1=NN(c2ccc(C(=O)NCC(O)c3ccc(F)cc3)cc2)CC1. The van der Waals surface area contributed by atoms with Gasteiger partial charge in [-0.3, -0.25) is 9.80 Å². The fourth-order valence-electron chi connectivity index (χ4n) is 2.64. The largest absolute Gasteiger partial charge is 0.387 e. The lowest BCUT2D eigenvalue weighted by molar-refractivity contribution is 0.0916. The fourth-order valence-corrected chi connectivity index (χ4v) is 2.64. The van der Waals surface area contributed by atoms with Crippen LogP contribution in [0.3, 0.4) is 0 Å². The summed E-state index contributed by atoms with van der Waals surface area (Å²) in [6.45, 7) is 2.90. The Bertz CT molecular complexity index is 772. The van der Waals surface area contributed by atoms with Crippen molar-refractivity contribution in [1.29, 1.82) is 0 Å². The Morgan fingerprint density at radius 3 is 2.52 bits per heavy atom. The molecule has 2 aromatic carbocycles. The van der Waals surface area contributed by atoms with E-state index in [1.165, 1.54) is 24.3 Å². The molecule has 1 unspecified atom stereocenters. The second kappa shape index (κ2) is 7.44. The van der Waals surface area contributed by atoms with Gasteiger partial charge in [0, 0.05) is 30.8 Å². The van der Waals surface area contributed by atoms with E-state index in [1.807, 2.05) is 24.1 Å². The number of aliphatic hydroxyl groups excluding tert-OH is 1. The third-order valence-electron chi connectivity index (χ3n) is 4.12. The van der Waals surface area contributed by atoms with Crippen LogP contribution in [0, 0.1) is 5.82 Å². The average Bonchev–Trinajstić information content (AvgIpc) is 3.06. The van der Waals surface area contributed by atoms with Gasteiger partial charge in [0.05, 0.1) is 11.8 Å². The summed E-state index contributed by atoms with van der Waals surface area (Å²) in [5.74, 6) is -0.633. The van der Waals surface area contributed by atoms with E-state index in [2.05, 4.69) is 10.4 Å². The van der Waals surface area contributed by atoms with E-state index in [0.29, 0.717) is 11.1 Å². The van der Waals surface area contributed by atoms with Crippen molar-refractivity contribution >= 4 is 17.3 Å². The smallest absolute Gasteiger partial charge is 0.251 e. The van der Waals surface area contributed by atoms with E-state index in [0.717, 1.165) is 24.4 Å². The van der Waals surface area contributed by atoms with Crippen LogP contribution in [-0.4, -0.2) is 29.8 Å². The normalized spacial score (nSPS) is 15.0.